The number of ketones is 1. The third-order valence-corrected chi connectivity index (χ3v) is 7.47. The van der Waals surface area contributed by atoms with E-state index in [1.807, 2.05) is 32.0 Å². The molecule has 2 aliphatic heterocycles. The van der Waals surface area contributed by atoms with Gasteiger partial charge in [0.2, 0.25) is 0 Å². The summed E-state index contributed by atoms with van der Waals surface area (Å²) in [7, 11) is 0. The van der Waals surface area contributed by atoms with E-state index in [1.165, 1.54) is 18.4 Å². The number of imide groups is 1. The van der Waals surface area contributed by atoms with E-state index in [9.17, 15) is 14.4 Å². The number of benzene rings is 1. The van der Waals surface area contributed by atoms with Crippen molar-refractivity contribution in [3.63, 3.8) is 0 Å². The van der Waals surface area contributed by atoms with Crippen LogP contribution in [0.1, 0.15) is 65.8 Å². The Morgan fingerprint density at radius 3 is 2.79 bits per heavy atom. The Bertz CT molecular complexity index is 1190. The quantitative estimate of drug-likeness (QED) is 0.393. The van der Waals surface area contributed by atoms with Crippen molar-refractivity contribution in [1.82, 2.24) is 14.8 Å². The summed E-state index contributed by atoms with van der Waals surface area (Å²) in [5, 5.41) is 2.86. The molecule has 34 heavy (non-hydrogen) atoms. The van der Waals surface area contributed by atoms with Crippen LogP contribution >= 0.6 is 0 Å². The standard InChI is InChI=1S/C27H31N3O4/c1-18-16-21(19(2)29(18)14-12-20-8-4-3-5-9-20)23(31)17-30-25(32)27(28-26(30)33)13-15-34-24-11-7-6-10-22(24)27/h6-8,10-11,16H,3-5,9,12-15,17H2,1-2H3,(H,28,33)/t27-/m1/s1. The SMILES string of the molecule is Cc1cc(C(=O)CN2C(=O)N[C@@]3(CCOc4ccccc43)C2=O)c(C)n1CCC1=CCCCC1. The van der Waals surface area contributed by atoms with Crippen molar-refractivity contribution < 1.29 is 19.1 Å². The molecule has 7 heteroatoms. The lowest BCUT2D eigenvalue weighted by Crippen LogP contribution is -2.47. The molecule has 3 amide bonds. The number of aryl methyl sites for hydroxylation is 1. The number of Topliss-reactive ketones (excluding diaryl/α,β-unsaturated/α-hetero) is 1. The molecule has 178 valence electrons. The van der Waals surface area contributed by atoms with Gasteiger partial charge in [0.05, 0.1) is 13.2 Å². The number of carbonyl (C=O) groups excluding carboxylic acids is 3. The maximum absolute atomic E-state index is 13.5. The van der Waals surface area contributed by atoms with E-state index in [2.05, 4.69) is 16.0 Å². The molecule has 1 atom stereocenters. The third kappa shape index (κ3) is 3.73. The molecule has 2 aromatic rings. The molecule has 3 heterocycles. The van der Waals surface area contributed by atoms with E-state index in [4.69, 9.17) is 4.74 Å². The van der Waals surface area contributed by atoms with Crippen molar-refractivity contribution in [2.75, 3.05) is 13.2 Å². The first-order valence-electron chi connectivity index (χ1n) is 12.1. The molecule has 1 aliphatic carbocycles. The Morgan fingerprint density at radius 2 is 2.00 bits per heavy atom. The topological polar surface area (TPSA) is 80.6 Å². The molecule has 1 aromatic carbocycles. The third-order valence-electron chi connectivity index (χ3n) is 7.47. The molecule has 0 radical (unpaired) electrons. The van der Waals surface area contributed by atoms with Crippen LogP contribution in [0.15, 0.2) is 42.0 Å². The number of hydrogen-bond donors (Lipinski definition) is 1. The second kappa shape index (κ2) is 8.78. The first-order chi connectivity index (χ1) is 16.4. The Kier molecular flexibility index (Phi) is 5.80. The monoisotopic (exact) mass is 461 g/mol. The van der Waals surface area contributed by atoms with E-state index >= 15 is 0 Å². The lowest BCUT2D eigenvalue weighted by molar-refractivity contribution is -0.132. The number of rotatable bonds is 6. The van der Waals surface area contributed by atoms with Gasteiger partial charge < -0.3 is 14.6 Å². The van der Waals surface area contributed by atoms with Gasteiger partial charge in [0.25, 0.3) is 5.91 Å². The second-order valence-corrected chi connectivity index (χ2v) is 9.54. The number of hydrogen-bond acceptors (Lipinski definition) is 4. The number of ether oxygens (including phenoxy) is 1. The molecule has 1 fully saturated rings. The van der Waals surface area contributed by atoms with Crippen LogP contribution < -0.4 is 10.1 Å². The van der Waals surface area contributed by atoms with Gasteiger partial charge in [-0.3, -0.25) is 14.5 Å². The number of nitrogens with zero attached hydrogens (tertiary/aromatic N) is 2. The number of para-hydroxylation sites is 1. The molecule has 7 nitrogen and oxygen atoms in total. The van der Waals surface area contributed by atoms with Crippen LogP contribution in [0.25, 0.3) is 0 Å². The van der Waals surface area contributed by atoms with Crippen LogP contribution in [0.2, 0.25) is 0 Å². The fourth-order valence-electron chi connectivity index (χ4n) is 5.56. The van der Waals surface area contributed by atoms with Gasteiger partial charge in [0, 0.05) is 35.5 Å². The van der Waals surface area contributed by atoms with Gasteiger partial charge in [-0.05, 0) is 58.1 Å². The predicted octanol–water partition coefficient (Wildman–Crippen LogP) is 4.41. The first kappa shape index (κ1) is 22.4. The normalized spacial score (nSPS) is 21.8. The molecule has 0 saturated carbocycles. The number of allylic oxidation sites excluding steroid dienone is 2. The summed E-state index contributed by atoms with van der Waals surface area (Å²) in [5.74, 6) is -0.0241. The van der Waals surface area contributed by atoms with Crippen LogP contribution in [-0.2, 0) is 16.9 Å². The molecule has 5 rings (SSSR count). The van der Waals surface area contributed by atoms with Crippen molar-refractivity contribution in [1.29, 1.82) is 0 Å². The van der Waals surface area contributed by atoms with Crippen LogP contribution in [0.3, 0.4) is 0 Å². The summed E-state index contributed by atoms with van der Waals surface area (Å²) in [6, 6.07) is 8.59. The maximum Gasteiger partial charge on any atom is 0.325 e. The summed E-state index contributed by atoms with van der Waals surface area (Å²) in [6.45, 7) is 4.82. The minimum atomic E-state index is -1.17. The van der Waals surface area contributed by atoms with E-state index in [0.717, 1.165) is 42.1 Å². The molecular formula is C27H31N3O4. The van der Waals surface area contributed by atoms with E-state index in [0.29, 0.717) is 29.9 Å². The summed E-state index contributed by atoms with van der Waals surface area (Å²) in [4.78, 5) is 40.7. The van der Waals surface area contributed by atoms with Crippen LogP contribution in [0.4, 0.5) is 4.79 Å². The molecule has 1 aromatic heterocycles. The van der Waals surface area contributed by atoms with Gasteiger partial charge in [0.1, 0.15) is 5.75 Å². The molecule has 3 aliphatic rings. The van der Waals surface area contributed by atoms with Gasteiger partial charge in [-0.15, -0.1) is 0 Å². The molecule has 0 bridgehead atoms. The van der Waals surface area contributed by atoms with Gasteiger partial charge in [-0.1, -0.05) is 29.8 Å². The van der Waals surface area contributed by atoms with Crippen molar-refractivity contribution in [2.24, 2.45) is 0 Å². The summed E-state index contributed by atoms with van der Waals surface area (Å²) >= 11 is 0. The number of fused-ring (bicyclic) bond motifs is 2. The van der Waals surface area contributed by atoms with Crippen LogP contribution in [0, 0.1) is 13.8 Å². The van der Waals surface area contributed by atoms with E-state index in [1.54, 1.807) is 12.1 Å². The smallest absolute Gasteiger partial charge is 0.325 e. The molecule has 0 unspecified atom stereocenters. The maximum atomic E-state index is 13.5. The second-order valence-electron chi connectivity index (χ2n) is 9.54. The summed E-state index contributed by atoms with van der Waals surface area (Å²) < 4.78 is 7.85. The molecular weight excluding hydrogens is 430 g/mol. The highest BCUT2D eigenvalue weighted by Crippen LogP contribution is 2.41. The molecule has 1 N–H and O–H groups in total. The highest BCUT2D eigenvalue weighted by Gasteiger charge is 2.55. The fourth-order valence-corrected chi connectivity index (χ4v) is 5.56. The molecule has 1 saturated heterocycles. The van der Waals surface area contributed by atoms with Crippen LogP contribution in [0.5, 0.6) is 5.75 Å². The first-order valence-corrected chi connectivity index (χ1v) is 12.1. The zero-order valence-corrected chi connectivity index (χ0v) is 19.9. The highest BCUT2D eigenvalue weighted by atomic mass is 16.5. The van der Waals surface area contributed by atoms with E-state index < -0.39 is 11.6 Å². The average molecular weight is 462 g/mol. The van der Waals surface area contributed by atoms with Crippen molar-refractivity contribution in [3.05, 3.63) is 64.5 Å². The fraction of sp³-hybridized carbons (Fsp3) is 0.444. The van der Waals surface area contributed by atoms with Gasteiger partial charge in [0.15, 0.2) is 11.3 Å². The zero-order valence-electron chi connectivity index (χ0n) is 19.9. The number of aromatic nitrogens is 1. The molecule has 1 spiro atoms. The van der Waals surface area contributed by atoms with E-state index in [-0.39, 0.29) is 18.2 Å². The van der Waals surface area contributed by atoms with Gasteiger partial charge >= 0.3 is 6.03 Å². The Morgan fingerprint density at radius 1 is 1.18 bits per heavy atom. The van der Waals surface area contributed by atoms with Crippen LogP contribution in [-0.4, -0.2) is 40.3 Å². The minimum absolute atomic E-state index is 0.225. The lowest BCUT2D eigenvalue weighted by atomic mass is 9.84. The average Bonchev–Trinajstić information content (AvgIpc) is 3.26. The number of carbonyl (C=O) groups is 3. The van der Waals surface area contributed by atoms with Gasteiger partial charge in [-0.25, -0.2) is 4.79 Å². The summed E-state index contributed by atoms with van der Waals surface area (Å²) in [6.07, 6.45) is 8.52. The number of urea groups is 1. The Hall–Kier alpha value is -3.35. The Balaban J connectivity index is 1.34. The zero-order chi connectivity index (χ0) is 23.9. The largest absolute Gasteiger partial charge is 0.493 e. The summed E-state index contributed by atoms with van der Waals surface area (Å²) in [5.41, 5.74) is 3.44. The Labute approximate surface area is 199 Å². The van der Waals surface area contributed by atoms with Crippen molar-refractivity contribution in [2.45, 2.75) is 64.5 Å². The predicted molar refractivity (Wildman–Crippen MR) is 128 cm³/mol. The minimum Gasteiger partial charge on any atom is -0.493 e. The van der Waals surface area contributed by atoms with Crippen molar-refractivity contribution in [3.8, 4) is 5.75 Å². The highest BCUT2D eigenvalue weighted by molar-refractivity contribution is 6.12. The van der Waals surface area contributed by atoms with Crippen molar-refractivity contribution >= 4 is 17.7 Å². The lowest BCUT2D eigenvalue weighted by Gasteiger charge is -2.33. The number of nitrogens with one attached hydrogen (secondary N) is 1. The van der Waals surface area contributed by atoms with Gasteiger partial charge in [-0.2, -0.15) is 0 Å². The number of amides is 3.